The lowest BCUT2D eigenvalue weighted by Gasteiger charge is -2.30. The maximum Gasteiger partial charge on any atom is 0.417 e. The summed E-state index contributed by atoms with van der Waals surface area (Å²) in [5, 5.41) is -0.346. The summed E-state index contributed by atoms with van der Waals surface area (Å²) in [4.78, 5) is 13.8. The van der Waals surface area contributed by atoms with Gasteiger partial charge in [0, 0.05) is 19.2 Å². The van der Waals surface area contributed by atoms with E-state index in [9.17, 15) is 18.0 Å². The quantitative estimate of drug-likeness (QED) is 0.723. The van der Waals surface area contributed by atoms with Crippen LogP contribution in [0.1, 0.15) is 30.9 Å². The van der Waals surface area contributed by atoms with Gasteiger partial charge in [-0.3, -0.25) is 4.79 Å². The Bertz CT molecular complexity index is 583. The third-order valence-electron chi connectivity index (χ3n) is 3.68. The van der Waals surface area contributed by atoms with Crippen LogP contribution in [-0.2, 0) is 11.0 Å². The molecule has 2 rings (SSSR count). The van der Waals surface area contributed by atoms with Crippen molar-refractivity contribution in [3.05, 3.63) is 40.4 Å². The van der Waals surface area contributed by atoms with Crippen molar-refractivity contribution >= 4 is 23.6 Å². The molecule has 0 N–H and O–H groups in total. The summed E-state index contributed by atoms with van der Waals surface area (Å²) in [7, 11) is 0. The molecule has 0 bridgehead atoms. The van der Waals surface area contributed by atoms with Crippen molar-refractivity contribution < 1.29 is 18.0 Å². The van der Waals surface area contributed by atoms with E-state index in [0.717, 1.165) is 18.9 Å². The fourth-order valence-corrected chi connectivity index (χ4v) is 2.75. The van der Waals surface area contributed by atoms with Gasteiger partial charge in [0.15, 0.2) is 0 Å². The first kappa shape index (κ1) is 16.9. The van der Waals surface area contributed by atoms with E-state index >= 15 is 0 Å². The number of likely N-dealkylation sites (tertiary alicyclic amines) is 1. The molecule has 22 heavy (non-hydrogen) atoms. The predicted octanol–water partition coefficient (Wildman–Crippen LogP) is 4.63. The van der Waals surface area contributed by atoms with Crippen molar-refractivity contribution in [1.82, 2.24) is 4.90 Å². The number of hydrogen-bond donors (Lipinski definition) is 0. The van der Waals surface area contributed by atoms with Crippen LogP contribution in [-0.4, -0.2) is 23.9 Å². The lowest BCUT2D eigenvalue weighted by molar-refractivity contribution is -0.137. The van der Waals surface area contributed by atoms with Crippen LogP contribution in [0, 0.1) is 5.92 Å². The van der Waals surface area contributed by atoms with Gasteiger partial charge in [-0.15, -0.1) is 0 Å². The van der Waals surface area contributed by atoms with E-state index in [1.807, 2.05) is 0 Å². The lowest BCUT2D eigenvalue weighted by Crippen LogP contribution is -2.38. The maximum absolute atomic E-state index is 12.8. The van der Waals surface area contributed by atoms with E-state index in [1.54, 1.807) is 4.90 Å². The largest absolute Gasteiger partial charge is 0.417 e. The van der Waals surface area contributed by atoms with Crippen molar-refractivity contribution in [2.75, 3.05) is 13.1 Å². The zero-order valence-corrected chi connectivity index (χ0v) is 12.9. The molecule has 1 aromatic rings. The number of benzene rings is 1. The Kier molecular flexibility index (Phi) is 5.16. The van der Waals surface area contributed by atoms with Crippen LogP contribution in [0.4, 0.5) is 13.2 Å². The van der Waals surface area contributed by atoms with Gasteiger partial charge in [-0.2, -0.15) is 13.2 Å². The third-order valence-corrected chi connectivity index (χ3v) is 4.01. The highest BCUT2D eigenvalue weighted by Gasteiger charge is 2.33. The van der Waals surface area contributed by atoms with Crippen LogP contribution < -0.4 is 0 Å². The Morgan fingerprint density at radius 1 is 1.41 bits per heavy atom. The summed E-state index contributed by atoms with van der Waals surface area (Å²) in [5.74, 6) is 0.286. The van der Waals surface area contributed by atoms with Gasteiger partial charge < -0.3 is 4.90 Å². The summed E-state index contributed by atoms with van der Waals surface area (Å²) in [6.45, 7) is 3.47. The van der Waals surface area contributed by atoms with Crippen molar-refractivity contribution in [2.45, 2.75) is 25.9 Å². The molecule has 1 unspecified atom stereocenters. The van der Waals surface area contributed by atoms with E-state index in [4.69, 9.17) is 11.6 Å². The number of halogens is 4. The molecule has 120 valence electrons. The summed E-state index contributed by atoms with van der Waals surface area (Å²) in [6, 6.07) is 3.60. The summed E-state index contributed by atoms with van der Waals surface area (Å²) < 4.78 is 38.3. The topological polar surface area (TPSA) is 20.3 Å². The molecular formula is C16H17ClF3NO. The van der Waals surface area contributed by atoms with Gasteiger partial charge in [0.1, 0.15) is 0 Å². The molecule has 0 saturated carbocycles. The smallest absolute Gasteiger partial charge is 0.339 e. The van der Waals surface area contributed by atoms with E-state index in [0.29, 0.717) is 24.6 Å². The van der Waals surface area contributed by atoms with Gasteiger partial charge in [0.2, 0.25) is 5.91 Å². The number of rotatable bonds is 2. The number of carbonyl (C=O) groups is 1. The normalized spacial score (nSPS) is 19.7. The molecule has 0 radical (unpaired) electrons. The molecule has 1 fully saturated rings. The second-order valence-corrected chi connectivity index (χ2v) is 6.01. The average Bonchev–Trinajstić information content (AvgIpc) is 2.45. The lowest BCUT2D eigenvalue weighted by atomic mass is 10.0. The predicted molar refractivity (Wildman–Crippen MR) is 80.5 cm³/mol. The van der Waals surface area contributed by atoms with Gasteiger partial charge in [-0.1, -0.05) is 24.6 Å². The SMILES string of the molecule is CC1CCCN(C(=O)/C=C/c2ccc(Cl)c(C(F)(F)F)c2)C1. The Morgan fingerprint density at radius 2 is 2.14 bits per heavy atom. The summed E-state index contributed by atoms with van der Waals surface area (Å²) >= 11 is 5.56. The summed E-state index contributed by atoms with van der Waals surface area (Å²) in [6.07, 6.45) is 0.265. The molecule has 1 atom stereocenters. The van der Waals surface area contributed by atoms with Crippen LogP contribution in [0.25, 0.3) is 6.08 Å². The molecule has 1 saturated heterocycles. The number of nitrogens with zero attached hydrogens (tertiary/aromatic N) is 1. The number of piperidine rings is 1. The van der Waals surface area contributed by atoms with Crippen LogP contribution in [0.3, 0.4) is 0 Å². The number of alkyl halides is 3. The van der Waals surface area contributed by atoms with Crippen LogP contribution in [0.2, 0.25) is 5.02 Å². The molecule has 1 aromatic carbocycles. The molecule has 0 aromatic heterocycles. The molecular weight excluding hydrogens is 315 g/mol. The average molecular weight is 332 g/mol. The fraction of sp³-hybridized carbons (Fsp3) is 0.438. The molecule has 1 aliphatic heterocycles. The fourth-order valence-electron chi connectivity index (χ4n) is 2.53. The highest BCUT2D eigenvalue weighted by Crippen LogP contribution is 2.35. The molecule has 0 spiro atoms. The first-order valence-corrected chi connectivity index (χ1v) is 7.49. The van der Waals surface area contributed by atoms with Crippen molar-refractivity contribution in [2.24, 2.45) is 5.92 Å². The Labute approximate surface area is 132 Å². The molecule has 1 amide bonds. The monoisotopic (exact) mass is 331 g/mol. The second kappa shape index (κ2) is 6.73. The minimum absolute atomic E-state index is 0.171. The zero-order valence-electron chi connectivity index (χ0n) is 12.2. The van der Waals surface area contributed by atoms with Gasteiger partial charge in [0.05, 0.1) is 10.6 Å². The highest BCUT2D eigenvalue weighted by atomic mass is 35.5. The van der Waals surface area contributed by atoms with E-state index in [-0.39, 0.29) is 10.9 Å². The minimum Gasteiger partial charge on any atom is -0.339 e. The van der Waals surface area contributed by atoms with Crippen molar-refractivity contribution in [3.63, 3.8) is 0 Å². The maximum atomic E-state index is 12.8. The molecule has 1 aliphatic rings. The first-order valence-electron chi connectivity index (χ1n) is 7.11. The molecule has 0 aliphatic carbocycles. The third kappa shape index (κ3) is 4.26. The Morgan fingerprint density at radius 3 is 2.77 bits per heavy atom. The van der Waals surface area contributed by atoms with Crippen molar-refractivity contribution in [3.8, 4) is 0 Å². The number of carbonyl (C=O) groups excluding carboxylic acids is 1. The number of hydrogen-bond acceptors (Lipinski definition) is 1. The van der Waals surface area contributed by atoms with Crippen LogP contribution in [0.5, 0.6) is 0 Å². The van der Waals surface area contributed by atoms with Crippen LogP contribution >= 0.6 is 11.6 Å². The van der Waals surface area contributed by atoms with Crippen LogP contribution in [0.15, 0.2) is 24.3 Å². The van der Waals surface area contributed by atoms with E-state index in [1.165, 1.54) is 24.3 Å². The Hall–Kier alpha value is -1.49. The van der Waals surface area contributed by atoms with Gasteiger partial charge in [-0.05, 0) is 42.5 Å². The first-order chi connectivity index (χ1) is 10.3. The highest BCUT2D eigenvalue weighted by molar-refractivity contribution is 6.31. The van der Waals surface area contributed by atoms with Gasteiger partial charge in [0.25, 0.3) is 0 Å². The summed E-state index contributed by atoms with van der Waals surface area (Å²) in [5.41, 5.74) is -0.592. The standard InChI is InChI=1S/C16H17ClF3NO/c1-11-3-2-8-21(10-11)15(22)7-5-12-4-6-14(17)13(9-12)16(18,19)20/h4-7,9,11H,2-3,8,10H2,1H3/b7-5+. The number of amides is 1. The second-order valence-electron chi connectivity index (χ2n) is 5.60. The van der Waals surface area contributed by atoms with Gasteiger partial charge in [-0.25, -0.2) is 0 Å². The van der Waals surface area contributed by atoms with E-state index in [2.05, 4.69) is 6.92 Å². The molecule has 6 heteroatoms. The van der Waals surface area contributed by atoms with Gasteiger partial charge >= 0.3 is 6.18 Å². The molecule has 2 nitrogen and oxygen atoms in total. The Balaban J connectivity index is 2.11. The molecule has 1 heterocycles. The van der Waals surface area contributed by atoms with Crippen molar-refractivity contribution in [1.29, 1.82) is 0 Å². The minimum atomic E-state index is -4.51. The van der Waals surface area contributed by atoms with E-state index < -0.39 is 11.7 Å². The zero-order chi connectivity index (χ0) is 16.3.